The highest BCUT2D eigenvalue weighted by Crippen LogP contribution is 2.25. The normalized spacial score (nSPS) is 27.5. The summed E-state index contributed by atoms with van der Waals surface area (Å²) < 4.78 is 4.97. The van der Waals surface area contributed by atoms with Crippen molar-refractivity contribution in [1.82, 2.24) is 4.90 Å². The number of carboxylic acid groups (broad SMARTS) is 1. The monoisotopic (exact) mass is 187 g/mol. The summed E-state index contributed by atoms with van der Waals surface area (Å²) in [5.74, 6) is -0.951. The minimum absolute atomic E-state index is 0.144. The highest BCUT2D eigenvalue weighted by molar-refractivity contribution is 5.74. The van der Waals surface area contributed by atoms with Gasteiger partial charge in [-0.25, -0.2) is 4.79 Å². The van der Waals surface area contributed by atoms with Gasteiger partial charge in [-0.2, -0.15) is 0 Å². The van der Waals surface area contributed by atoms with E-state index in [1.54, 1.807) is 6.92 Å². The highest BCUT2D eigenvalue weighted by Gasteiger charge is 2.42. The molecule has 1 amide bonds. The number of hydrogen-bond acceptors (Lipinski definition) is 3. The molecule has 0 aromatic rings. The van der Waals surface area contributed by atoms with Gasteiger partial charge < -0.3 is 14.7 Å². The average molecular weight is 187 g/mol. The topological polar surface area (TPSA) is 66.8 Å². The van der Waals surface area contributed by atoms with Crippen LogP contribution in [0, 0.1) is 0 Å². The standard InChI is InChI=1S/C8H13NO4/c1-3-9-5-8(2,4-6(10)11)13-7(9)12/h3-5H2,1-2H3,(H,10,11). The number of rotatable bonds is 3. The van der Waals surface area contributed by atoms with Crippen LogP contribution in [0.5, 0.6) is 0 Å². The van der Waals surface area contributed by atoms with Crippen molar-refractivity contribution in [2.75, 3.05) is 13.1 Å². The minimum atomic E-state index is -0.951. The Labute approximate surface area is 76.3 Å². The third kappa shape index (κ3) is 2.11. The van der Waals surface area contributed by atoms with Gasteiger partial charge in [0.25, 0.3) is 0 Å². The van der Waals surface area contributed by atoms with Crippen LogP contribution in [0.15, 0.2) is 0 Å². The van der Waals surface area contributed by atoms with Gasteiger partial charge in [0.1, 0.15) is 5.60 Å². The van der Waals surface area contributed by atoms with Crippen molar-refractivity contribution in [2.45, 2.75) is 25.9 Å². The molecule has 0 spiro atoms. The Morgan fingerprint density at radius 1 is 1.77 bits per heavy atom. The molecule has 1 saturated heterocycles. The van der Waals surface area contributed by atoms with Crippen molar-refractivity contribution < 1.29 is 19.4 Å². The van der Waals surface area contributed by atoms with Crippen molar-refractivity contribution in [3.05, 3.63) is 0 Å². The zero-order valence-corrected chi connectivity index (χ0v) is 7.74. The molecule has 0 aromatic heterocycles. The van der Waals surface area contributed by atoms with Gasteiger partial charge in [-0.3, -0.25) is 4.79 Å². The van der Waals surface area contributed by atoms with Crippen LogP contribution in [-0.2, 0) is 9.53 Å². The van der Waals surface area contributed by atoms with Crippen molar-refractivity contribution in [1.29, 1.82) is 0 Å². The number of hydrogen-bond donors (Lipinski definition) is 1. The van der Waals surface area contributed by atoms with Crippen LogP contribution < -0.4 is 0 Å². The Balaban J connectivity index is 2.64. The third-order valence-corrected chi connectivity index (χ3v) is 2.02. The van der Waals surface area contributed by atoms with Crippen molar-refractivity contribution in [2.24, 2.45) is 0 Å². The fourth-order valence-corrected chi connectivity index (χ4v) is 1.43. The Kier molecular flexibility index (Phi) is 2.45. The van der Waals surface area contributed by atoms with E-state index in [4.69, 9.17) is 9.84 Å². The van der Waals surface area contributed by atoms with Gasteiger partial charge in [-0.15, -0.1) is 0 Å². The molecule has 0 radical (unpaired) electrons. The lowest BCUT2D eigenvalue weighted by atomic mass is 10.0. The molecule has 74 valence electrons. The molecule has 1 N–H and O–H groups in total. The summed E-state index contributed by atoms with van der Waals surface area (Å²) in [5, 5.41) is 8.57. The van der Waals surface area contributed by atoms with E-state index in [1.165, 1.54) is 4.90 Å². The Morgan fingerprint density at radius 3 is 2.77 bits per heavy atom. The molecular formula is C8H13NO4. The average Bonchev–Trinajstić information content (AvgIpc) is 2.24. The quantitative estimate of drug-likeness (QED) is 0.706. The number of carboxylic acids is 1. The molecule has 0 bridgehead atoms. The molecule has 5 heteroatoms. The Morgan fingerprint density at radius 2 is 2.38 bits per heavy atom. The number of aliphatic carboxylic acids is 1. The van der Waals surface area contributed by atoms with Crippen LogP contribution in [0.2, 0.25) is 0 Å². The van der Waals surface area contributed by atoms with E-state index in [0.717, 1.165) is 0 Å². The number of likely N-dealkylation sites (N-methyl/N-ethyl adjacent to an activating group) is 1. The van der Waals surface area contributed by atoms with Crippen molar-refractivity contribution >= 4 is 12.1 Å². The molecule has 13 heavy (non-hydrogen) atoms. The van der Waals surface area contributed by atoms with Crippen LogP contribution in [0.4, 0.5) is 4.79 Å². The van der Waals surface area contributed by atoms with Crippen LogP contribution in [0.25, 0.3) is 0 Å². The number of carbonyl (C=O) groups is 2. The van der Waals surface area contributed by atoms with E-state index in [2.05, 4.69) is 0 Å². The van der Waals surface area contributed by atoms with Gasteiger partial charge in [0.15, 0.2) is 0 Å². The lowest BCUT2D eigenvalue weighted by molar-refractivity contribution is -0.140. The first kappa shape index (κ1) is 9.83. The number of nitrogens with zero attached hydrogens (tertiary/aromatic N) is 1. The second-order valence-electron chi connectivity index (χ2n) is 3.40. The first-order chi connectivity index (χ1) is 5.97. The molecule has 0 saturated carbocycles. The first-order valence-electron chi connectivity index (χ1n) is 4.16. The van der Waals surface area contributed by atoms with E-state index in [9.17, 15) is 9.59 Å². The largest absolute Gasteiger partial charge is 0.481 e. The summed E-state index contributed by atoms with van der Waals surface area (Å²) >= 11 is 0. The number of cyclic esters (lactones) is 1. The zero-order chi connectivity index (χ0) is 10.1. The fourth-order valence-electron chi connectivity index (χ4n) is 1.43. The molecule has 0 aromatic carbocycles. The van der Waals surface area contributed by atoms with E-state index in [0.29, 0.717) is 13.1 Å². The van der Waals surface area contributed by atoms with Crippen LogP contribution in [0.1, 0.15) is 20.3 Å². The van der Waals surface area contributed by atoms with Gasteiger partial charge in [-0.05, 0) is 13.8 Å². The zero-order valence-electron chi connectivity index (χ0n) is 7.74. The fraction of sp³-hybridized carbons (Fsp3) is 0.750. The molecule has 1 atom stereocenters. The summed E-state index contributed by atoms with van der Waals surface area (Å²) in [5.41, 5.74) is -0.862. The van der Waals surface area contributed by atoms with Crippen LogP contribution >= 0.6 is 0 Å². The maximum absolute atomic E-state index is 11.1. The van der Waals surface area contributed by atoms with E-state index in [1.807, 2.05) is 6.92 Å². The predicted octanol–water partition coefficient (Wildman–Crippen LogP) is 0.692. The summed E-state index contributed by atoms with van der Waals surface area (Å²) in [6.45, 7) is 4.37. The Bertz CT molecular complexity index is 240. The molecule has 1 aliphatic heterocycles. The van der Waals surface area contributed by atoms with Gasteiger partial charge in [0.05, 0.1) is 13.0 Å². The van der Waals surface area contributed by atoms with Gasteiger partial charge >= 0.3 is 12.1 Å². The molecule has 1 unspecified atom stereocenters. The molecule has 1 fully saturated rings. The van der Waals surface area contributed by atoms with Crippen molar-refractivity contribution in [3.8, 4) is 0 Å². The summed E-state index contributed by atoms with van der Waals surface area (Å²) in [6.07, 6.45) is -0.568. The molecule has 1 aliphatic rings. The van der Waals surface area contributed by atoms with Gasteiger partial charge in [0, 0.05) is 6.54 Å². The number of carbonyl (C=O) groups excluding carboxylic acids is 1. The van der Waals surface area contributed by atoms with Gasteiger partial charge in [-0.1, -0.05) is 0 Å². The maximum atomic E-state index is 11.1. The summed E-state index contributed by atoms with van der Waals surface area (Å²) in [7, 11) is 0. The molecular weight excluding hydrogens is 174 g/mol. The van der Waals surface area contributed by atoms with E-state index >= 15 is 0 Å². The first-order valence-corrected chi connectivity index (χ1v) is 4.16. The minimum Gasteiger partial charge on any atom is -0.481 e. The summed E-state index contributed by atoms with van der Waals surface area (Å²) in [4.78, 5) is 23.1. The second kappa shape index (κ2) is 3.24. The smallest absolute Gasteiger partial charge is 0.410 e. The highest BCUT2D eigenvalue weighted by atomic mass is 16.6. The van der Waals surface area contributed by atoms with Crippen LogP contribution in [0.3, 0.4) is 0 Å². The Hall–Kier alpha value is -1.26. The molecule has 0 aliphatic carbocycles. The lowest BCUT2D eigenvalue weighted by Gasteiger charge is -2.18. The molecule has 1 heterocycles. The maximum Gasteiger partial charge on any atom is 0.410 e. The predicted molar refractivity (Wildman–Crippen MR) is 44.4 cm³/mol. The van der Waals surface area contributed by atoms with Crippen LogP contribution in [-0.4, -0.2) is 40.8 Å². The molecule has 1 rings (SSSR count). The third-order valence-electron chi connectivity index (χ3n) is 2.02. The summed E-state index contributed by atoms with van der Waals surface area (Å²) in [6, 6.07) is 0. The molecule has 5 nitrogen and oxygen atoms in total. The number of amides is 1. The second-order valence-corrected chi connectivity index (χ2v) is 3.40. The van der Waals surface area contributed by atoms with Gasteiger partial charge in [0.2, 0.25) is 0 Å². The van der Waals surface area contributed by atoms with E-state index < -0.39 is 17.7 Å². The van der Waals surface area contributed by atoms with Crippen molar-refractivity contribution in [3.63, 3.8) is 0 Å². The number of ether oxygens (including phenoxy) is 1. The lowest BCUT2D eigenvalue weighted by Crippen LogP contribution is -2.33. The SMILES string of the molecule is CCN1CC(C)(CC(=O)O)OC1=O. The van der Waals surface area contributed by atoms with E-state index in [-0.39, 0.29) is 6.42 Å².